The summed E-state index contributed by atoms with van der Waals surface area (Å²) in [6.07, 6.45) is 3.67. The Kier molecular flexibility index (Phi) is 6.46. The zero-order valence-electron chi connectivity index (χ0n) is 17.3. The molecule has 0 bridgehead atoms. The number of aromatic nitrogens is 2. The zero-order chi connectivity index (χ0) is 21.1. The highest BCUT2D eigenvalue weighted by atomic mass is 35.5. The maximum Gasteiger partial charge on any atom is 0.227 e. The van der Waals surface area contributed by atoms with E-state index in [1.807, 2.05) is 13.0 Å². The van der Waals surface area contributed by atoms with Gasteiger partial charge in [-0.05, 0) is 43.9 Å². The van der Waals surface area contributed by atoms with E-state index in [-0.39, 0.29) is 5.75 Å². The summed E-state index contributed by atoms with van der Waals surface area (Å²) in [4.78, 5) is 13.8. The van der Waals surface area contributed by atoms with Gasteiger partial charge in [-0.2, -0.15) is 9.29 Å². The number of hydrogen-bond acceptors (Lipinski definition) is 6. The van der Waals surface area contributed by atoms with E-state index in [2.05, 4.69) is 14.8 Å². The minimum atomic E-state index is -3.37. The van der Waals surface area contributed by atoms with E-state index in [1.54, 1.807) is 28.6 Å². The molecular formula is C21H28ClN5O2S. The van der Waals surface area contributed by atoms with Crippen molar-refractivity contribution in [2.75, 3.05) is 49.1 Å². The summed E-state index contributed by atoms with van der Waals surface area (Å²) < 4.78 is 27.2. The van der Waals surface area contributed by atoms with Crippen molar-refractivity contribution in [1.82, 2.24) is 14.3 Å². The molecule has 2 aliphatic rings. The molecule has 2 fully saturated rings. The lowest BCUT2D eigenvalue weighted by molar-refractivity contribution is 0.382. The van der Waals surface area contributed by atoms with E-state index in [4.69, 9.17) is 16.6 Å². The lowest BCUT2D eigenvalue weighted by atomic mass is 10.1. The van der Waals surface area contributed by atoms with Crippen LogP contribution in [-0.4, -0.2) is 62.0 Å². The number of rotatable bonds is 5. The van der Waals surface area contributed by atoms with Crippen LogP contribution < -0.4 is 9.80 Å². The highest BCUT2D eigenvalue weighted by Crippen LogP contribution is 2.23. The molecule has 0 saturated carbocycles. The summed E-state index contributed by atoms with van der Waals surface area (Å²) in [6.45, 7) is 6.11. The molecule has 0 N–H and O–H groups in total. The van der Waals surface area contributed by atoms with Crippen molar-refractivity contribution in [3.8, 4) is 0 Å². The minimum Gasteiger partial charge on any atom is -0.356 e. The molecule has 0 unspecified atom stereocenters. The number of aryl methyl sites for hydroxylation is 1. The smallest absolute Gasteiger partial charge is 0.227 e. The van der Waals surface area contributed by atoms with Crippen LogP contribution in [0, 0.1) is 6.92 Å². The summed E-state index contributed by atoms with van der Waals surface area (Å²) in [5.41, 5.74) is 1.69. The molecule has 0 atom stereocenters. The van der Waals surface area contributed by atoms with Crippen molar-refractivity contribution in [3.63, 3.8) is 0 Å². The highest BCUT2D eigenvalue weighted by Gasteiger charge is 2.28. The van der Waals surface area contributed by atoms with E-state index in [0.717, 1.165) is 30.2 Å². The van der Waals surface area contributed by atoms with Gasteiger partial charge in [-0.15, -0.1) is 0 Å². The van der Waals surface area contributed by atoms with Gasteiger partial charge in [0.15, 0.2) is 0 Å². The summed E-state index contributed by atoms with van der Waals surface area (Å²) >= 11 is 5.90. The van der Waals surface area contributed by atoms with E-state index < -0.39 is 10.0 Å². The number of anilines is 2. The lowest BCUT2D eigenvalue weighted by Crippen LogP contribution is -2.49. The third-order valence-electron chi connectivity index (χ3n) is 5.69. The Bertz CT molecular complexity index is 969. The number of halogens is 1. The van der Waals surface area contributed by atoms with Crippen molar-refractivity contribution in [2.24, 2.45) is 0 Å². The molecule has 3 heterocycles. The van der Waals surface area contributed by atoms with Gasteiger partial charge < -0.3 is 9.80 Å². The number of piperazine rings is 1. The molecule has 1 aromatic heterocycles. The average Bonchev–Trinajstić information content (AvgIpc) is 2.75. The van der Waals surface area contributed by atoms with Gasteiger partial charge in [0.2, 0.25) is 16.0 Å². The third-order valence-corrected chi connectivity index (χ3v) is 7.79. The van der Waals surface area contributed by atoms with Gasteiger partial charge in [-0.1, -0.05) is 23.7 Å². The van der Waals surface area contributed by atoms with Gasteiger partial charge >= 0.3 is 0 Å². The Morgan fingerprint density at radius 2 is 1.57 bits per heavy atom. The summed E-state index contributed by atoms with van der Waals surface area (Å²) in [6, 6.07) is 9.01. The quantitative estimate of drug-likeness (QED) is 0.698. The largest absolute Gasteiger partial charge is 0.356 e. The van der Waals surface area contributed by atoms with Crippen molar-refractivity contribution in [3.05, 3.63) is 46.6 Å². The molecule has 9 heteroatoms. The molecule has 0 amide bonds. The fourth-order valence-corrected chi connectivity index (χ4v) is 5.65. The Morgan fingerprint density at radius 1 is 0.900 bits per heavy atom. The van der Waals surface area contributed by atoms with Gasteiger partial charge in [-0.25, -0.2) is 13.4 Å². The van der Waals surface area contributed by atoms with Gasteiger partial charge in [-0.3, -0.25) is 0 Å². The Hall–Kier alpha value is -1.90. The SMILES string of the molecule is Cc1cc(N2CCCCC2)nc(N2CCN(S(=O)(=O)Cc3ccc(Cl)cc3)CC2)n1. The molecule has 7 nitrogen and oxygen atoms in total. The second-order valence-corrected chi connectivity index (χ2v) is 10.4. The number of sulfonamides is 1. The normalized spacial score (nSPS) is 18.6. The maximum absolute atomic E-state index is 12.8. The Balaban J connectivity index is 1.41. The van der Waals surface area contributed by atoms with Crippen LogP contribution in [0.5, 0.6) is 0 Å². The predicted octanol–water partition coefficient (Wildman–Crippen LogP) is 3.08. The van der Waals surface area contributed by atoms with Crippen LogP contribution in [0.3, 0.4) is 0 Å². The van der Waals surface area contributed by atoms with E-state index in [0.29, 0.717) is 37.1 Å². The Labute approximate surface area is 183 Å². The van der Waals surface area contributed by atoms with Crippen molar-refractivity contribution in [1.29, 1.82) is 0 Å². The van der Waals surface area contributed by atoms with Crippen LogP contribution in [0.4, 0.5) is 11.8 Å². The minimum absolute atomic E-state index is 0.00970. The lowest BCUT2D eigenvalue weighted by Gasteiger charge is -2.35. The fourth-order valence-electron chi connectivity index (χ4n) is 4.01. The second-order valence-electron chi connectivity index (χ2n) is 7.98. The molecule has 0 spiro atoms. The molecule has 1 aromatic carbocycles. The van der Waals surface area contributed by atoms with Crippen LogP contribution in [0.15, 0.2) is 30.3 Å². The first-order valence-corrected chi connectivity index (χ1v) is 12.5. The van der Waals surface area contributed by atoms with Gasteiger partial charge in [0, 0.05) is 56.1 Å². The first-order chi connectivity index (χ1) is 14.4. The van der Waals surface area contributed by atoms with E-state index in [1.165, 1.54) is 19.3 Å². The molecule has 162 valence electrons. The first kappa shape index (κ1) is 21.3. The molecule has 30 heavy (non-hydrogen) atoms. The Morgan fingerprint density at radius 3 is 2.23 bits per heavy atom. The first-order valence-electron chi connectivity index (χ1n) is 10.5. The van der Waals surface area contributed by atoms with E-state index in [9.17, 15) is 8.42 Å². The van der Waals surface area contributed by atoms with Gasteiger partial charge in [0.25, 0.3) is 0 Å². The molecule has 2 saturated heterocycles. The van der Waals surface area contributed by atoms with Crippen LogP contribution in [0.2, 0.25) is 5.02 Å². The van der Waals surface area contributed by atoms with Gasteiger partial charge in [0.05, 0.1) is 5.75 Å². The average molecular weight is 450 g/mol. The summed E-state index contributed by atoms with van der Waals surface area (Å²) in [5, 5.41) is 0.604. The summed E-state index contributed by atoms with van der Waals surface area (Å²) in [5.74, 6) is 1.67. The van der Waals surface area contributed by atoms with Crippen LogP contribution in [0.1, 0.15) is 30.5 Å². The number of benzene rings is 1. The standard InChI is InChI=1S/C21H28ClN5O2S/c1-17-15-20(25-9-3-2-4-10-25)24-21(23-17)26-11-13-27(14-12-26)30(28,29)16-18-5-7-19(22)8-6-18/h5-8,15H,2-4,9-14,16H2,1H3. The summed E-state index contributed by atoms with van der Waals surface area (Å²) in [7, 11) is -3.37. The molecule has 2 aliphatic heterocycles. The van der Waals surface area contributed by atoms with Gasteiger partial charge in [0.1, 0.15) is 5.82 Å². The van der Waals surface area contributed by atoms with Crippen LogP contribution in [-0.2, 0) is 15.8 Å². The molecule has 4 rings (SSSR count). The van der Waals surface area contributed by atoms with Crippen molar-refractivity contribution < 1.29 is 8.42 Å². The third kappa shape index (κ3) is 5.04. The topological polar surface area (TPSA) is 69.6 Å². The molecule has 0 radical (unpaired) electrons. The van der Waals surface area contributed by atoms with Crippen LogP contribution >= 0.6 is 11.6 Å². The maximum atomic E-state index is 12.8. The monoisotopic (exact) mass is 449 g/mol. The fraction of sp³-hybridized carbons (Fsp3) is 0.524. The highest BCUT2D eigenvalue weighted by molar-refractivity contribution is 7.88. The molecule has 0 aliphatic carbocycles. The molecular weight excluding hydrogens is 422 g/mol. The predicted molar refractivity (Wildman–Crippen MR) is 121 cm³/mol. The van der Waals surface area contributed by atoms with E-state index >= 15 is 0 Å². The number of piperidine rings is 1. The molecule has 2 aromatic rings. The number of nitrogens with zero attached hydrogens (tertiary/aromatic N) is 5. The van der Waals surface area contributed by atoms with Crippen molar-refractivity contribution in [2.45, 2.75) is 31.9 Å². The van der Waals surface area contributed by atoms with Crippen LogP contribution in [0.25, 0.3) is 0 Å². The van der Waals surface area contributed by atoms with Crippen molar-refractivity contribution >= 4 is 33.4 Å². The second kappa shape index (κ2) is 9.08. The number of hydrogen-bond donors (Lipinski definition) is 0. The zero-order valence-corrected chi connectivity index (χ0v) is 18.9.